The van der Waals surface area contributed by atoms with E-state index in [9.17, 15) is 0 Å². The third-order valence-electron chi connectivity index (χ3n) is 2.50. The van der Waals surface area contributed by atoms with Crippen LogP contribution in [0.4, 0.5) is 0 Å². The standard InChI is InChI=1S/C14H21N/c1-4-5-10-15-11-13-6-8-14(9-7-13)12(2)3/h4,6-9,12,15H,1,5,10-11H2,2-3H3. The monoisotopic (exact) mass is 203 g/mol. The molecule has 0 aliphatic heterocycles. The zero-order chi connectivity index (χ0) is 11.1. The van der Waals surface area contributed by atoms with Crippen molar-refractivity contribution >= 4 is 0 Å². The first-order valence-corrected chi connectivity index (χ1v) is 5.64. The quantitative estimate of drug-likeness (QED) is 0.551. The number of nitrogens with one attached hydrogen (secondary N) is 1. The minimum atomic E-state index is 0.618. The van der Waals surface area contributed by atoms with Gasteiger partial charge in [-0.3, -0.25) is 0 Å². The molecule has 15 heavy (non-hydrogen) atoms. The summed E-state index contributed by atoms with van der Waals surface area (Å²) in [5.41, 5.74) is 2.76. The van der Waals surface area contributed by atoms with Gasteiger partial charge in [-0.15, -0.1) is 6.58 Å². The van der Waals surface area contributed by atoms with E-state index in [-0.39, 0.29) is 0 Å². The third kappa shape index (κ3) is 4.30. The first-order chi connectivity index (χ1) is 7.24. The molecule has 0 atom stereocenters. The molecule has 1 heteroatoms. The van der Waals surface area contributed by atoms with E-state index in [1.807, 2.05) is 6.08 Å². The second-order valence-electron chi connectivity index (χ2n) is 4.15. The summed E-state index contributed by atoms with van der Waals surface area (Å²) < 4.78 is 0. The van der Waals surface area contributed by atoms with Gasteiger partial charge in [0.15, 0.2) is 0 Å². The molecule has 0 saturated carbocycles. The minimum absolute atomic E-state index is 0.618. The molecule has 1 rings (SSSR count). The second-order valence-corrected chi connectivity index (χ2v) is 4.15. The molecule has 0 unspecified atom stereocenters. The van der Waals surface area contributed by atoms with Crippen molar-refractivity contribution in [3.8, 4) is 0 Å². The maximum atomic E-state index is 3.70. The van der Waals surface area contributed by atoms with Crippen LogP contribution in [0.3, 0.4) is 0 Å². The van der Waals surface area contributed by atoms with E-state index in [0.717, 1.165) is 19.5 Å². The molecule has 1 nitrogen and oxygen atoms in total. The summed E-state index contributed by atoms with van der Waals surface area (Å²) in [7, 11) is 0. The van der Waals surface area contributed by atoms with Gasteiger partial charge in [-0.05, 0) is 30.0 Å². The van der Waals surface area contributed by atoms with Crippen LogP contribution < -0.4 is 5.32 Å². The van der Waals surface area contributed by atoms with Crippen LogP contribution in [-0.4, -0.2) is 6.54 Å². The maximum Gasteiger partial charge on any atom is 0.0205 e. The highest BCUT2D eigenvalue weighted by Crippen LogP contribution is 2.14. The Labute approximate surface area is 93.2 Å². The van der Waals surface area contributed by atoms with Gasteiger partial charge < -0.3 is 5.32 Å². The second kappa shape index (κ2) is 6.41. The Morgan fingerprint density at radius 2 is 1.93 bits per heavy atom. The molecule has 0 bridgehead atoms. The van der Waals surface area contributed by atoms with E-state index in [2.05, 4.69) is 50.0 Å². The Bertz CT molecular complexity index is 285. The van der Waals surface area contributed by atoms with Crippen molar-refractivity contribution in [2.24, 2.45) is 0 Å². The smallest absolute Gasteiger partial charge is 0.0205 e. The molecule has 0 aliphatic rings. The molecule has 0 radical (unpaired) electrons. The molecule has 1 aromatic rings. The highest BCUT2D eigenvalue weighted by atomic mass is 14.8. The average molecular weight is 203 g/mol. The molecule has 0 spiro atoms. The van der Waals surface area contributed by atoms with E-state index in [1.165, 1.54) is 11.1 Å². The molecule has 0 aliphatic carbocycles. The Morgan fingerprint density at radius 1 is 1.27 bits per heavy atom. The van der Waals surface area contributed by atoms with Gasteiger partial charge in [0.2, 0.25) is 0 Å². The van der Waals surface area contributed by atoms with Gasteiger partial charge in [0.25, 0.3) is 0 Å². The Kier molecular flexibility index (Phi) is 5.13. The molecule has 0 amide bonds. The lowest BCUT2D eigenvalue weighted by molar-refractivity contribution is 0.695. The molecule has 82 valence electrons. The largest absolute Gasteiger partial charge is 0.312 e. The highest BCUT2D eigenvalue weighted by Gasteiger charge is 1.98. The van der Waals surface area contributed by atoms with Crippen molar-refractivity contribution in [3.63, 3.8) is 0 Å². The zero-order valence-electron chi connectivity index (χ0n) is 9.79. The van der Waals surface area contributed by atoms with Crippen LogP contribution in [0.5, 0.6) is 0 Å². The number of rotatable bonds is 6. The highest BCUT2D eigenvalue weighted by molar-refractivity contribution is 5.24. The SMILES string of the molecule is C=CCCNCc1ccc(C(C)C)cc1. The normalized spacial score (nSPS) is 10.6. The third-order valence-corrected chi connectivity index (χ3v) is 2.50. The molecule has 0 aromatic heterocycles. The summed E-state index contributed by atoms with van der Waals surface area (Å²) in [6, 6.07) is 8.84. The molecule has 0 saturated heterocycles. The number of hydrogen-bond donors (Lipinski definition) is 1. The van der Waals surface area contributed by atoms with Crippen LogP contribution in [0.2, 0.25) is 0 Å². The minimum Gasteiger partial charge on any atom is -0.312 e. The van der Waals surface area contributed by atoms with Gasteiger partial charge in [-0.2, -0.15) is 0 Å². The van der Waals surface area contributed by atoms with Crippen LogP contribution in [0.15, 0.2) is 36.9 Å². The molecule has 0 fully saturated rings. The maximum absolute atomic E-state index is 3.70. The molecular formula is C14H21N. The van der Waals surface area contributed by atoms with Crippen LogP contribution >= 0.6 is 0 Å². The average Bonchev–Trinajstić information content (AvgIpc) is 2.25. The first-order valence-electron chi connectivity index (χ1n) is 5.64. The number of hydrogen-bond acceptors (Lipinski definition) is 1. The van der Waals surface area contributed by atoms with Crippen LogP contribution in [-0.2, 0) is 6.54 Å². The fraction of sp³-hybridized carbons (Fsp3) is 0.429. The lowest BCUT2D eigenvalue weighted by Gasteiger charge is -2.07. The predicted molar refractivity (Wildman–Crippen MR) is 67.1 cm³/mol. The lowest BCUT2D eigenvalue weighted by Crippen LogP contribution is -2.13. The molecule has 1 N–H and O–H groups in total. The summed E-state index contributed by atoms with van der Waals surface area (Å²) in [6.45, 7) is 10.1. The van der Waals surface area contributed by atoms with Gasteiger partial charge in [0.1, 0.15) is 0 Å². The first kappa shape index (κ1) is 12.0. The molecular weight excluding hydrogens is 182 g/mol. The summed E-state index contributed by atoms with van der Waals surface area (Å²) in [5.74, 6) is 0.618. The van der Waals surface area contributed by atoms with Gasteiger partial charge in [-0.1, -0.05) is 44.2 Å². The summed E-state index contributed by atoms with van der Waals surface area (Å²) in [4.78, 5) is 0. The van der Waals surface area contributed by atoms with Crippen molar-refractivity contribution in [2.75, 3.05) is 6.54 Å². The van der Waals surface area contributed by atoms with Gasteiger partial charge >= 0.3 is 0 Å². The van der Waals surface area contributed by atoms with Crippen molar-refractivity contribution in [2.45, 2.75) is 32.7 Å². The number of benzene rings is 1. The fourth-order valence-electron chi connectivity index (χ4n) is 1.46. The Balaban J connectivity index is 2.39. The van der Waals surface area contributed by atoms with E-state index >= 15 is 0 Å². The molecule has 1 aromatic carbocycles. The van der Waals surface area contributed by atoms with Gasteiger partial charge in [0.05, 0.1) is 0 Å². The molecule has 0 heterocycles. The topological polar surface area (TPSA) is 12.0 Å². The summed E-state index contributed by atoms with van der Waals surface area (Å²) >= 11 is 0. The summed E-state index contributed by atoms with van der Waals surface area (Å²) in [6.07, 6.45) is 2.97. The van der Waals surface area contributed by atoms with Crippen LogP contribution in [0, 0.1) is 0 Å². The van der Waals surface area contributed by atoms with Crippen LogP contribution in [0.1, 0.15) is 37.3 Å². The Morgan fingerprint density at radius 3 is 2.47 bits per heavy atom. The van der Waals surface area contributed by atoms with Crippen molar-refractivity contribution in [1.82, 2.24) is 5.32 Å². The Hall–Kier alpha value is -1.08. The summed E-state index contributed by atoms with van der Waals surface area (Å²) in [5, 5.41) is 3.38. The van der Waals surface area contributed by atoms with Gasteiger partial charge in [0, 0.05) is 6.54 Å². The van der Waals surface area contributed by atoms with Crippen LogP contribution in [0.25, 0.3) is 0 Å². The van der Waals surface area contributed by atoms with Crippen molar-refractivity contribution in [1.29, 1.82) is 0 Å². The van der Waals surface area contributed by atoms with E-state index in [0.29, 0.717) is 5.92 Å². The fourth-order valence-corrected chi connectivity index (χ4v) is 1.46. The predicted octanol–water partition coefficient (Wildman–Crippen LogP) is 3.48. The van der Waals surface area contributed by atoms with Crippen molar-refractivity contribution < 1.29 is 0 Å². The van der Waals surface area contributed by atoms with E-state index in [1.54, 1.807) is 0 Å². The van der Waals surface area contributed by atoms with Crippen molar-refractivity contribution in [3.05, 3.63) is 48.0 Å². The zero-order valence-corrected chi connectivity index (χ0v) is 9.79. The van der Waals surface area contributed by atoms with Gasteiger partial charge in [-0.25, -0.2) is 0 Å². The van der Waals surface area contributed by atoms with E-state index in [4.69, 9.17) is 0 Å². The van der Waals surface area contributed by atoms with E-state index < -0.39 is 0 Å². The lowest BCUT2D eigenvalue weighted by atomic mass is 10.0.